The number of carbonyl (C=O) groups is 2. The number of carbonyl (C=O) groups excluding carboxylic acids is 2. The quantitative estimate of drug-likeness (QED) is 0.0326. The summed E-state index contributed by atoms with van der Waals surface area (Å²) in [6, 6.07) is -0.671. The van der Waals surface area contributed by atoms with Crippen LogP contribution in [0.2, 0.25) is 0 Å². The maximum absolute atomic E-state index is 12.4. The van der Waals surface area contributed by atoms with Crippen molar-refractivity contribution in [1.29, 1.82) is 0 Å². The van der Waals surface area contributed by atoms with Crippen molar-refractivity contribution < 1.29 is 24.5 Å². The molecule has 1 amide bonds. The van der Waals surface area contributed by atoms with Crippen molar-refractivity contribution in [2.24, 2.45) is 0 Å². The number of unbranched alkanes of at least 4 members (excludes halogenated alkanes) is 25. The molecule has 0 radical (unpaired) electrons. The predicted octanol–water partition coefficient (Wildman–Crippen LogP) is 13.5. The molecule has 0 aliphatic rings. The molecule has 0 bridgehead atoms. The Balaban J connectivity index is 3.63. The van der Waals surface area contributed by atoms with E-state index >= 15 is 0 Å². The molecule has 0 spiro atoms. The summed E-state index contributed by atoms with van der Waals surface area (Å²) in [5, 5.41) is 22.9. The van der Waals surface area contributed by atoms with Gasteiger partial charge in [0.1, 0.15) is 0 Å². The number of nitrogens with one attached hydrogen (secondary N) is 1. The highest BCUT2D eigenvalue weighted by atomic mass is 16.5. The zero-order valence-corrected chi connectivity index (χ0v) is 36.1. The van der Waals surface area contributed by atoms with E-state index in [2.05, 4.69) is 49.5 Å². The molecule has 6 nitrogen and oxygen atoms in total. The third kappa shape index (κ3) is 41.3. The van der Waals surface area contributed by atoms with Crippen molar-refractivity contribution in [3.63, 3.8) is 0 Å². The second-order valence-corrected chi connectivity index (χ2v) is 15.7. The number of esters is 1. The van der Waals surface area contributed by atoms with E-state index in [1.807, 2.05) is 12.2 Å². The zero-order chi connectivity index (χ0) is 40.1. The second-order valence-electron chi connectivity index (χ2n) is 15.7. The summed E-state index contributed by atoms with van der Waals surface area (Å²) in [7, 11) is 0. The molecule has 2 unspecified atom stereocenters. The Morgan fingerprint density at radius 1 is 0.509 bits per heavy atom. The molecule has 3 N–H and O–H groups in total. The Labute approximate surface area is 340 Å². The van der Waals surface area contributed by atoms with Crippen LogP contribution in [0.5, 0.6) is 0 Å². The molecule has 0 saturated carbocycles. The van der Waals surface area contributed by atoms with Crippen LogP contribution in [0.1, 0.15) is 226 Å². The van der Waals surface area contributed by atoms with Crippen LogP contribution in [0.3, 0.4) is 0 Å². The normalized spacial score (nSPS) is 13.2. The molecule has 0 fully saturated rings. The Morgan fingerprint density at radius 2 is 0.945 bits per heavy atom. The minimum absolute atomic E-state index is 0.0309. The molecule has 0 aromatic carbocycles. The molecular formula is C49H89NO5. The molecule has 0 aliphatic carbocycles. The van der Waals surface area contributed by atoms with Crippen molar-refractivity contribution in [2.75, 3.05) is 13.2 Å². The molecule has 0 aromatic rings. The fraction of sp³-hybridized carbons (Fsp3) is 0.796. The molecule has 55 heavy (non-hydrogen) atoms. The van der Waals surface area contributed by atoms with Gasteiger partial charge in [-0.1, -0.05) is 191 Å². The van der Waals surface area contributed by atoms with Gasteiger partial charge in [-0.2, -0.15) is 0 Å². The average molecular weight is 772 g/mol. The van der Waals surface area contributed by atoms with Gasteiger partial charge in [0.15, 0.2) is 0 Å². The van der Waals surface area contributed by atoms with Gasteiger partial charge in [0, 0.05) is 12.8 Å². The van der Waals surface area contributed by atoms with Gasteiger partial charge in [-0.05, 0) is 70.6 Å². The number of aliphatic hydroxyl groups excluding tert-OH is 2. The molecule has 320 valence electrons. The summed E-state index contributed by atoms with van der Waals surface area (Å²) in [5.41, 5.74) is 0. The molecule has 0 rings (SSSR count). The first-order valence-electron chi connectivity index (χ1n) is 23.4. The lowest BCUT2D eigenvalue weighted by molar-refractivity contribution is -0.143. The molecule has 0 aliphatic heterocycles. The van der Waals surface area contributed by atoms with E-state index in [1.165, 1.54) is 141 Å². The predicted molar refractivity (Wildman–Crippen MR) is 236 cm³/mol. The molecule has 0 saturated heterocycles. The summed E-state index contributed by atoms with van der Waals surface area (Å²) >= 11 is 0. The summed E-state index contributed by atoms with van der Waals surface area (Å²) in [5.74, 6) is -0.182. The highest BCUT2D eigenvalue weighted by Crippen LogP contribution is 2.14. The van der Waals surface area contributed by atoms with Gasteiger partial charge in [-0.3, -0.25) is 9.59 Å². The van der Waals surface area contributed by atoms with Crippen LogP contribution >= 0.6 is 0 Å². The van der Waals surface area contributed by atoms with E-state index in [-0.39, 0.29) is 18.5 Å². The Bertz CT molecular complexity index is 942. The summed E-state index contributed by atoms with van der Waals surface area (Å²) in [6.45, 7) is 4.77. The lowest BCUT2D eigenvalue weighted by Gasteiger charge is -2.19. The van der Waals surface area contributed by atoms with E-state index in [4.69, 9.17) is 4.74 Å². The van der Waals surface area contributed by atoms with Crippen LogP contribution < -0.4 is 5.32 Å². The summed E-state index contributed by atoms with van der Waals surface area (Å²) in [6.07, 6.45) is 53.9. The first kappa shape index (κ1) is 52.8. The fourth-order valence-corrected chi connectivity index (χ4v) is 6.66. The van der Waals surface area contributed by atoms with Crippen molar-refractivity contribution >= 4 is 11.9 Å². The molecule has 2 atom stereocenters. The van der Waals surface area contributed by atoms with Crippen molar-refractivity contribution in [3.8, 4) is 0 Å². The van der Waals surface area contributed by atoms with Crippen molar-refractivity contribution in [2.45, 2.75) is 238 Å². The molecule has 0 aromatic heterocycles. The van der Waals surface area contributed by atoms with Crippen LogP contribution in [-0.2, 0) is 14.3 Å². The van der Waals surface area contributed by atoms with Crippen LogP contribution in [0.4, 0.5) is 0 Å². The molecular weight excluding hydrogens is 683 g/mol. The van der Waals surface area contributed by atoms with Gasteiger partial charge < -0.3 is 20.3 Å². The lowest BCUT2D eigenvalue weighted by Crippen LogP contribution is -2.45. The number of hydrogen-bond donors (Lipinski definition) is 3. The van der Waals surface area contributed by atoms with Crippen LogP contribution in [0, 0.1) is 0 Å². The van der Waals surface area contributed by atoms with Crippen molar-refractivity contribution in [3.05, 3.63) is 48.6 Å². The number of aliphatic hydroxyl groups is 2. The maximum atomic E-state index is 12.4. The van der Waals surface area contributed by atoms with E-state index in [0.29, 0.717) is 25.9 Å². The van der Waals surface area contributed by atoms with Gasteiger partial charge in [0.2, 0.25) is 5.91 Å². The Kier molecular flexibility index (Phi) is 42.8. The number of ether oxygens (including phenoxy) is 1. The minimum Gasteiger partial charge on any atom is -0.466 e. The van der Waals surface area contributed by atoms with Crippen LogP contribution in [0.25, 0.3) is 0 Å². The van der Waals surface area contributed by atoms with E-state index in [0.717, 1.165) is 51.4 Å². The number of allylic oxidation sites excluding steroid dienone is 7. The smallest absolute Gasteiger partial charge is 0.305 e. The van der Waals surface area contributed by atoms with Gasteiger partial charge in [0.25, 0.3) is 0 Å². The standard InChI is InChI=1S/C49H89NO5/c1-3-5-7-9-11-13-15-16-18-22-25-29-33-37-41-47(52)46(45-51)50-48(53)42-38-34-30-26-23-19-17-20-24-28-32-36-40-44-55-49(54)43-39-35-31-27-21-14-12-10-8-6-4-2/h10,12,19,23,30,34,37,41,46-47,51-52H,3-9,11,13-18,20-22,24-29,31-33,35-36,38-40,42-45H2,1-2H3,(H,50,53)/b12-10-,23-19-,34-30-,41-37+. The highest BCUT2D eigenvalue weighted by Gasteiger charge is 2.17. The topological polar surface area (TPSA) is 95.9 Å². The monoisotopic (exact) mass is 772 g/mol. The summed E-state index contributed by atoms with van der Waals surface area (Å²) < 4.78 is 5.42. The Hall–Kier alpha value is -2.18. The lowest BCUT2D eigenvalue weighted by atomic mass is 10.0. The fourth-order valence-electron chi connectivity index (χ4n) is 6.66. The molecule has 6 heteroatoms. The van der Waals surface area contributed by atoms with Gasteiger partial charge >= 0.3 is 5.97 Å². The van der Waals surface area contributed by atoms with Gasteiger partial charge in [0.05, 0.1) is 25.4 Å². The first-order valence-corrected chi connectivity index (χ1v) is 23.4. The average Bonchev–Trinajstić information content (AvgIpc) is 3.18. The van der Waals surface area contributed by atoms with E-state index in [1.54, 1.807) is 6.08 Å². The second kappa shape index (κ2) is 44.5. The Morgan fingerprint density at radius 3 is 1.49 bits per heavy atom. The maximum Gasteiger partial charge on any atom is 0.305 e. The minimum atomic E-state index is -0.879. The summed E-state index contributed by atoms with van der Waals surface area (Å²) in [4.78, 5) is 24.3. The molecule has 0 heterocycles. The van der Waals surface area contributed by atoms with Crippen molar-refractivity contribution in [1.82, 2.24) is 5.32 Å². The van der Waals surface area contributed by atoms with Gasteiger partial charge in [-0.15, -0.1) is 0 Å². The third-order valence-corrected chi connectivity index (χ3v) is 10.3. The van der Waals surface area contributed by atoms with E-state index < -0.39 is 12.1 Å². The number of rotatable bonds is 42. The number of hydrogen-bond acceptors (Lipinski definition) is 5. The first-order chi connectivity index (χ1) is 27.0. The van der Waals surface area contributed by atoms with E-state index in [9.17, 15) is 19.8 Å². The highest BCUT2D eigenvalue weighted by molar-refractivity contribution is 5.76. The number of amides is 1. The third-order valence-electron chi connectivity index (χ3n) is 10.3. The zero-order valence-electron chi connectivity index (χ0n) is 36.1. The van der Waals surface area contributed by atoms with Crippen LogP contribution in [0.15, 0.2) is 48.6 Å². The van der Waals surface area contributed by atoms with Gasteiger partial charge in [-0.25, -0.2) is 0 Å². The van der Waals surface area contributed by atoms with Crippen LogP contribution in [-0.4, -0.2) is 47.4 Å². The SMILES string of the molecule is CCCC/C=C\CCCCCCCC(=O)OCCCCCCCC/C=C\C/C=C\CCC(=O)NC(CO)C(O)/C=C/CCCCCCCCCCCCCC. The largest absolute Gasteiger partial charge is 0.466 e.